The van der Waals surface area contributed by atoms with Crippen molar-refractivity contribution in [2.45, 2.75) is 57.6 Å². The maximum Gasteiger partial charge on any atom is 0.264 e. The summed E-state index contributed by atoms with van der Waals surface area (Å²) in [7, 11) is -4.28. The van der Waals surface area contributed by atoms with Gasteiger partial charge in [0.05, 0.1) is 15.6 Å². The molecular weight excluding hydrogens is 593 g/mol. The van der Waals surface area contributed by atoms with Crippen molar-refractivity contribution >= 4 is 62.3 Å². The molecule has 0 saturated carbocycles. The fraction of sp³-hybridized carbons (Fsp3) is 0.310. The Hall–Kier alpha value is -2.78. The van der Waals surface area contributed by atoms with Crippen molar-refractivity contribution in [1.82, 2.24) is 10.2 Å². The maximum atomic E-state index is 14.1. The molecule has 2 amide bonds. The third-order valence-corrected chi connectivity index (χ3v) is 8.88. The van der Waals surface area contributed by atoms with Crippen LogP contribution in [0, 0.1) is 6.92 Å². The van der Waals surface area contributed by atoms with Crippen molar-refractivity contribution in [1.29, 1.82) is 0 Å². The van der Waals surface area contributed by atoms with Crippen LogP contribution in [0.25, 0.3) is 0 Å². The van der Waals surface area contributed by atoms with Crippen LogP contribution in [-0.2, 0) is 26.2 Å². The van der Waals surface area contributed by atoms with Crippen LogP contribution in [0.3, 0.4) is 0 Å². The molecule has 0 bridgehead atoms. The van der Waals surface area contributed by atoms with Gasteiger partial charge in [-0.15, -0.1) is 0 Å². The Labute approximate surface area is 251 Å². The summed E-state index contributed by atoms with van der Waals surface area (Å²) >= 11 is 19.1. The molecule has 3 aromatic carbocycles. The van der Waals surface area contributed by atoms with Crippen LogP contribution in [0.1, 0.15) is 38.3 Å². The number of nitrogens with zero attached hydrogens (tertiary/aromatic N) is 2. The summed E-state index contributed by atoms with van der Waals surface area (Å²) in [4.78, 5) is 28.6. The topological polar surface area (TPSA) is 86.8 Å². The van der Waals surface area contributed by atoms with E-state index in [9.17, 15) is 18.0 Å². The number of amides is 2. The number of carbonyl (C=O) groups is 2. The minimum absolute atomic E-state index is 0.00970. The van der Waals surface area contributed by atoms with Crippen LogP contribution in [0.4, 0.5) is 5.69 Å². The Morgan fingerprint density at radius 1 is 0.925 bits per heavy atom. The number of sulfonamides is 1. The first-order chi connectivity index (χ1) is 18.8. The van der Waals surface area contributed by atoms with Crippen LogP contribution in [0.2, 0.25) is 15.1 Å². The normalized spacial score (nSPS) is 12.2. The number of halogens is 3. The van der Waals surface area contributed by atoms with Gasteiger partial charge in [-0.1, -0.05) is 77.6 Å². The number of hydrogen-bond acceptors (Lipinski definition) is 4. The fourth-order valence-electron chi connectivity index (χ4n) is 4.14. The second-order valence-electron chi connectivity index (χ2n) is 9.62. The Morgan fingerprint density at radius 3 is 2.17 bits per heavy atom. The molecule has 3 rings (SSSR count). The number of aryl methyl sites for hydroxylation is 1. The lowest BCUT2D eigenvalue weighted by Crippen LogP contribution is -2.53. The average Bonchev–Trinajstić information content (AvgIpc) is 2.89. The van der Waals surface area contributed by atoms with E-state index in [2.05, 4.69) is 5.32 Å². The highest BCUT2D eigenvalue weighted by Gasteiger charge is 2.35. The molecule has 0 fully saturated rings. The smallest absolute Gasteiger partial charge is 0.264 e. The summed E-state index contributed by atoms with van der Waals surface area (Å²) in [5.74, 6) is -0.968. The lowest BCUT2D eigenvalue weighted by Gasteiger charge is -2.34. The third-order valence-electron chi connectivity index (χ3n) is 6.18. The number of anilines is 1. The number of rotatable bonds is 11. The molecule has 0 aromatic heterocycles. The number of carbonyl (C=O) groups excluding carboxylic acids is 2. The van der Waals surface area contributed by atoms with E-state index < -0.39 is 28.5 Å². The van der Waals surface area contributed by atoms with Gasteiger partial charge in [0.25, 0.3) is 10.0 Å². The zero-order valence-corrected chi connectivity index (χ0v) is 25.8. The second-order valence-corrected chi connectivity index (χ2v) is 12.7. The van der Waals surface area contributed by atoms with E-state index in [0.29, 0.717) is 10.6 Å². The maximum absolute atomic E-state index is 14.1. The lowest BCUT2D eigenvalue weighted by atomic mass is 10.1. The lowest BCUT2D eigenvalue weighted by molar-refractivity contribution is -0.140. The van der Waals surface area contributed by atoms with Gasteiger partial charge >= 0.3 is 0 Å². The predicted octanol–water partition coefficient (Wildman–Crippen LogP) is 6.48. The molecule has 0 heterocycles. The molecule has 1 atom stereocenters. The van der Waals surface area contributed by atoms with Crippen molar-refractivity contribution in [3.8, 4) is 0 Å². The molecule has 0 spiro atoms. The zero-order valence-electron chi connectivity index (χ0n) is 22.7. The molecule has 7 nitrogen and oxygen atoms in total. The molecule has 11 heteroatoms. The summed E-state index contributed by atoms with van der Waals surface area (Å²) < 4.78 is 28.8. The molecule has 214 valence electrons. The van der Waals surface area contributed by atoms with Gasteiger partial charge in [-0.3, -0.25) is 13.9 Å². The van der Waals surface area contributed by atoms with Gasteiger partial charge < -0.3 is 10.2 Å². The molecule has 0 aliphatic rings. The van der Waals surface area contributed by atoms with Crippen LogP contribution in [0.15, 0.2) is 71.6 Å². The van der Waals surface area contributed by atoms with Gasteiger partial charge in [-0.05, 0) is 69.2 Å². The first-order valence-corrected chi connectivity index (χ1v) is 15.3. The van der Waals surface area contributed by atoms with E-state index in [1.807, 2.05) is 20.8 Å². The van der Waals surface area contributed by atoms with Gasteiger partial charge in [0.2, 0.25) is 11.8 Å². The van der Waals surface area contributed by atoms with Crippen molar-refractivity contribution in [2.75, 3.05) is 10.8 Å². The highest BCUT2D eigenvalue weighted by Crippen LogP contribution is 2.33. The molecule has 40 heavy (non-hydrogen) atoms. The van der Waals surface area contributed by atoms with Crippen LogP contribution >= 0.6 is 34.8 Å². The molecule has 0 aliphatic carbocycles. The number of nitrogens with one attached hydrogen (secondary N) is 1. The van der Waals surface area contributed by atoms with E-state index in [1.54, 1.807) is 43.3 Å². The predicted molar refractivity (Wildman–Crippen MR) is 162 cm³/mol. The summed E-state index contributed by atoms with van der Waals surface area (Å²) in [5, 5.41) is 3.61. The number of benzene rings is 3. The van der Waals surface area contributed by atoms with Crippen molar-refractivity contribution in [3.63, 3.8) is 0 Å². The summed E-state index contributed by atoms with van der Waals surface area (Å²) in [6.45, 7) is 6.62. The van der Waals surface area contributed by atoms with Crippen molar-refractivity contribution < 1.29 is 18.0 Å². The molecular formula is C29H32Cl3N3O4S. The first kappa shape index (κ1) is 31.7. The fourth-order valence-corrected chi connectivity index (χ4v) is 6.19. The Kier molecular flexibility index (Phi) is 10.9. The van der Waals surface area contributed by atoms with Gasteiger partial charge in [-0.25, -0.2) is 8.42 Å². The Bertz CT molecular complexity index is 1460. The summed E-state index contributed by atoms with van der Waals surface area (Å²) in [5.41, 5.74) is 1.53. The molecule has 3 aromatic rings. The standard InChI is InChI=1S/C29H32Cl3N3O4S/c1-5-26(29(37)33-19(2)3)34(17-21-8-6-7-9-24(21)31)28(36)18-35(27-16-22(30)12-15-25(27)32)40(38,39)23-13-10-20(4)11-14-23/h6-16,19,26H,5,17-18H2,1-4H3,(H,33,37). The summed E-state index contributed by atoms with van der Waals surface area (Å²) in [6.07, 6.45) is 0.289. The van der Waals surface area contributed by atoms with E-state index in [1.165, 1.54) is 35.2 Å². The van der Waals surface area contributed by atoms with Crippen molar-refractivity contribution in [2.24, 2.45) is 0 Å². The molecule has 0 radical (unpaired) electrons. The van der Waals surface area contributed by atoms with Gasteiger partial charge in [0.1, 0.15) is 12.6 Å². The SMILES string of the molecule is CCC(C(=O)NC(C)C)N(Cc1ccccc1Cl)C(=O)CN(c1cc(Cl)ccc1Cl)S(=O)(=O)c1ccc(C)cc1. The van der Waals surface area contributed by atoms with Crippen LogP contribution in [0.5, 0.6) is 0 Å². The van der Waals surface area contributed by atoms with Gasteiger partial charge in [0, 0.05) is 22.6 Å². The average molecular weight is 625 g/mol. The Morgan fingerprint density at radius 2 is 1.57 bits per heavy atom. The van der Waals surface area contributed by atoms with Crippen LogP contribution < -0.4 is 9.62 Å². The molecule has 0 saturated heterocycles. The molecule has 1 N–H and O–H groups in total. The second kappa shape index (κ2) is 13.7. The minimum Gasteiger partial charge on any atom is -0.352 e. The largest absolute Gasteiger partial charge is 0.352 e. The highest BCUT2D eigenvalue weighted by atomic mass is 35.5. The Balaban J connectivity index is 2.12. The van der Waals surface area contributed by atoms with E-state index in [0.717, 1.165) is 9.87 Å². The molecule has 1 unspecified atom stereocenters. The van der Waals surface area contributed by atoms with Crippen LogP contribution in [-0.4, -0.2) is 43.8 Å². The molecule has 0 aliphatic heterocycles. The minimum atomic E-state index is -4.28. The highest BCUT2D eigenvalue weighted by molar-refractivity contribution is 7.92. The van der Waals surface area contributed by atoms with Gasteiger partial charge in [0.15, 0.2) is 0 Å². The summed E-state index contributed by atoms with van der Waals surface area (Å²) in [6, 6.07) is 16.6. The van der Waals surface area contributed by atoms with E-state index in [-0.39, 0.29) is 45.5 Å². The van der Waals surface area contributed by atoms with Gasteiger partial charge in [-0.2, -0.15) is 0 Å². The third kappa shape index (κ3) is 7.69. The zero-order chi connectivity index (χ0) is 29.6. The van der Waals surface area contributed by atoms with E-state index in [4.69, 9.17) is 34.8 Å². The number of hydrogen-bond donors (Lipinski definition) is 1. The monoisotopic (exact) mass is 623 g/mol. The van der Waals surface area contributed by atoms with E-state index >= 15 is 0 Å². The van der Waals surface area contributed by atoms with Crippen molar-refractivity contribution in [3.05, 3.63) is 92.9 Å². The first-order valence-electron chi connectivity index (χ1n) is 12.7. The quantitative estimate of drug-likeness (QED) is 0.265.